The summed E-state index contributed by atoms with van der Waals surface area (Å²) in [7, 11) is 0. The fourth-order valence-electron chi connectivity index (χ4n) is 2.09. The van der Waals surface area contributed by atoms with Gasteiger partial charge in [0.25, 0.3) is 0 Å². The van der Waals surface area contributed by atoms with E-state index in [1.165, 1.54) is 24.8 Å². The van der Waals surface area contributed by atoms with E-state index in [1.54, 1.807) is 0 Å². The second kappa shape index (κ2) is 5.70. The Morgan fingerprint density at radius 1 is 1.44 bits per heavy atom. The van der Waals surface area contributed by atoms with Crippen LogP contribution in [0.3, 0.4) is 0 Å². The summed E-state index contributed by atoms with van der Waals surface area (Å²) in [5.74, 6) is 1.01. The summed E-state index contributed by atoms with van der Waals surface area (Å²) in [5, 5.41) is 4.42. The smallest absolute Gasteiger partial charge is 0.0408 e. The molecule has 1 aliphatic rings. The monoisotopic (exact) mass is 237 g/mol. The fourth-order valence-corrected chi connectivity index (χ4v) is 2.31. The van der Waals surface area contributed by atoms with Gasteiger partial charge < -0.3 is 5.32 Å². The minimum absolute atomic E-state index is 0.659. The normalized spacial score (nSPS) is 17.4. The maximum absolute atomic E-state index is 5.94. The van der Waals surface area contributed by atoms with Gasteiger partial charge >= 0.3 is 0 Å². The van der Waals surface area contributed by atoms with Crippen molar-refractivity contribution in [1.82, 2.24) is 5.32 Å². The molecule has 0 spiro atoms. The average Bonchev–Trinajstić information content (AvgIpc) is 3.02. The highest BCUT2D eigenvalue weighted by Gasteiger charge is 2.22. The van der Waals surface area contributed by atoms with Crippen molar-refractivity contribution in [2.45, 2.75) is 38.6 Å². The molecule has 0 saturated heterocycles. The molecule has 1 atom stereocenters. The molecular weight excluding hydrogens is 218 g/mol. The molecule has 1 unspecified atom stereocenters. The van der Waals surface area contributed by atoms with E-state index in [9.17, 15) is 0 Å². The van der Waals surface area contributed by atoms with E-state index in [1.807, 2.05) is 12.1 Å². The minimum atomic E-state index is 0.659. The Balaban J connectivity index is 1.66. The van der Waals surface area contributed by atoms with Crippen molar-refractivity contribution in [2.24, 2.45) is 5.92 Å². The molecule has 1 aliphatic carbocycles. The van der Waals surface area contributed by atoms with E-state index in [4.69, 9.17) is 11.6 Å². The molecule has 0 amide bonds. The van der Waals surface area contributed by atoms with Crippen molar-refractivity contribution in [3.05, 3.63) is 34.9 Å². The summed E-state index contributed by atoms with van der Waals surface area (Å²) in [6.45, 7) is 3.34. The lowest BCUT2D eigenvalue weighted by Gasteiger charge is -2.13. The summed E-state index contributed by atoms with van der Waals surface area (Å²) >= 11 is 5.94. The first-order valence-electron chi connectivity index (χ1n) is 6.22. The summed E-state index contributed by atoms with van der Waals surface area (Å²) in [6, 6.07) is 8.79. The van der Waals surface area contributed by atoms with Crippen LogP contribution >= 0.6 is 11.6 Å². The van der Waals surface area contributed by atoms with Gasteiger partial charge in [0.15, 0.2) is 0 Å². The molecule has 1 aromatic rings. The third-order valence-electron chi connectivity index (χ3n) is 3.18. The van der Waals surface area contributed by atoms with Gasteiger partial charge in [-0.1, -0.05) is 36.6 Å². The Morgan fingerprint density at radius 3 is 2.94 bits per heavy atom. The zero-order valence-corrected chi connectivity index (χ0v) is 10.6. The topological polar surface area (TPSA) is 12.0 Å². The number of hydrogen-bond donors (Lipinski definition) is 1. The van der Waals surface area contributed by atoms with Crippen LogP contribution in [0.15, 0.2) is 24.3 Å². The molecule has 2 heteroatoms. The van der Waals surface area contributed by atoms with Crippen LogP contribution in [0, 0.1) is 5.92 Å². The Bertz CT molecular complexity index is 333. The zero-order valence-electron chi connectivity index (χ0n) is 9.88. The SMILES string of the molecule is CC(CC1CC1)NCCc1cccc(Cl)c1. The molecule has 2 rings (SSSR count). The molecule has 1 nitrogen and oxygen atoms in total. The van der Waals surface area contributed by atoms with Crippen LogP contribution in [-0.2, 0) is 6.42 Å². The van der Waals surface area contributed by atoms with Crippen LogP contribution < -0.4 is 5.32 Å². The second-order valence-corrected chi connectivity index (χ2v) is 5.35. The van der Waals surface area contributed by atoms with Crippen LogP contribution in [-0.4, -0.2) is 12.6 Å². The number of nitrogens with one attached hydrogen (secondary N) is 1. The first kappa shape index (κ1) is 11.9. The molecule has 0 aliphatic heterocycles. The first-order chi connectivity index (χ1) is 7.74. The Morgan fingerprint density at radius 2 is 2.25 bits per heavy atom. The first-order valence-corrected chi connectivity index (χ1v) is 6.59. The molecule has 0 radical (unpaired) electrons. The van der Waals surface area contributed by atoms with Gasteiger partial charge in [0.05, 0.1) is 0 Å². The highest BCUT2D eigenvalue weighted by molar-refractivity contribution is 6.30. The second-order valence-electron chi connectivity index (χ2n) is 4.91. The molecule has 0 aromatic heterocycles. The largest absolute Gasteiger partial charge is 0.314 e. The lowest BCUT2D eigenvalue weighted by atomic mass is 10.1. The van der Waals surface area contributed by atoms with E-state index < -0.39 is 0 Å². The van der Waals surface area contributed by atoms with Gasteiger partial charge in [0.1, 0.15) is 0 Å². The van der Waals surface area contributed by atoms with Gasteiger partial charge in [-0.25, -0.2) is 0 Å². The van der Waals surface area contributed by atoms with E-state index in [0.717, 1.165) is 23.9 Å². The molecule has 88 valence electrons. The van der Waals surface area contributed by atoms with E-state index in [2.05, 4.69) is 24.4 Å². The highest BCUT2D eigenvalue weighted by atomic mass is 35.5. The number of rotatable bonds is 6. The van der Waals surface area contributed by atoms with Crippen molar-refractivity contribution in [3.8, 4) is 0 Å². The molecular formula is C14H20ClN. The van der Waals surface area contributed by atoms with Gasteiger partial charge in [-0.15, -0.1) is 0 Å². The predicted molar refractivity (Wildman–Crippen MR) is 70.0 cm³/mol. The molecule has 16 heavy (non-hydrogen) atoms. The number of hydrogen-bond acceptors (Lipinski definition) is 1. The summed E-state index contributed by atoms with van der Waals surface area (Å²) in [5.41, 5.74) is 1.32. The quantitative estimate of drug-likeness (QED) is 0.796. The fraction of sp³-hybridized carbons (Fsp3) is 0.571. The van der Waals surface area contributed by atoms with Gasteiger partial charge in [-0.3, -0.25) is 0 Å². The van der Waals surface area contributed by atoms with Crippen molar-refractivity contribution in [1.29, 1.82) is 0 Å². The summed E-state index contributed by atoms with van der Waals surface area (Å²) < 4.78 is 0. The average molecular weight is 238 g/mol. The van der Waals surface area contributed by atoms with Crippen LogP contribution in [0.1, 0.15) is 31.7 Å². The third-order valence-corrected chi connectivity index (χ3v) is 3.41. The molecule has 1 aromatic carbocycles. The van der Waals surface area contributed by atoms with E-state index in [-0.39, 0.29) is 0 Å². The van der Waals surface area contributed by atoms with E-state index >= 15 is 0 Å². The molecule has 0 heterocycles. The van der Waals surface area contributed by atoms with Gasteiger partial charge in [-0.05, 0) is 49.9 Å². The predicted octanol–water partition coefficient (Wildman–Crippen LogP) is 3.66. The standard InChI is InChI=1S/C14H20ClN/c1-11(9-13-5-6-13)16-8-7-12-3-2-4-14(15)10-12/h2-4,10-11,13,16H,5-9H2,1H3. The van der Waals surface area contributed by atoms with Gasteiger partial charge in [-0.2, -0.15) is 0 Å². The van der Waals surface area contributed by atoms with Crippen LogP contribution in [0.5, 0.6) is 0 Å². The van der Waals surface area contributed by atoms with Crippen LogP contribution in [0.25, 0.3) is 0 Å². The lowest BCUT2D eigenvalue weighted by molar-refractivity contribution is 0.491. The molecule has 1 fully saturated rings. The lowest BCUT2D eigenvalue weighted by Crippen LogP contribution is -2.28. The molecule has 1 saturated carbocycles. The van der Waals surface area contributed by atoms with Gasteiger partial charge in [0.2, 0.25) is 0 Å². The van der Waals surface area contributed by atoms with E-state index in [0.29, 0.717) is 6.04 Å². The summed E-state index contributed by atoms with van der Waals surface area (Å²) in [4.78, 5) is 0. The van der Waals surface area contributed by atoms with Crippen molar-refractivity contribution < 1.29 is 0 Å². The van der Waals surface area contributed by atoms with Crippen molar-refractivity contribution in [3.63, 3.8) is 0 Å². The Labute approximate surface area is 103 Å². The maximum Gasteiger partial charge on any atom is 0.0408 e. The Hall–Kier alpha value is -0.530. The maximum atomic E-state index is 5.94. The molecule has 0 bridgehead atoms. The minimum Gasteiger partial charge on any atom is -0.314 e. The highest BCUT2D eigenvalue weighted by Crippen LogP contribution is 2.33. The molecule has 1 N–H and O–H groups in total. The zero-order chi connectivity index (χ0) is 11.4. The number of benzene rings is 1. The number of halogens is 1. The Kier molecular flexibility index (Phi) is 4.25. The van der Waals surface area contributed by atoms with Gasteiger partial charge in [0, 0.05) is 11.1 Å². The summed E-state index contributed by atoms with van der Waals surface area (Å²) in [6.07, 6.45) is 5.30. The third kappa shape index (κ3) is 4.15. The van der Waals surface area contributed by atoms with Crippen molar-refractivity contribution >= 4 is 11.6 Å². The van der Waals surface area contributed by atoms with Crippen LogP contribution in [0.2, 0.25) is 5.02 Å². The van der Waals surface area contributed by atoms with Crippen LogP contribution in [0.4, 0.5) is 0 Å². The van der Waals surface area contributed by atoms with Crippen molar-refractivity contribution in [2.75, 3.05) is 6.54 Å².